The Morgan fingerprint density at radius 3 is 3.03 bits per heavy atom. The second kappa shape index (κ2) is 9.24. The van der Waals surface area contributed by atoms with Crippen molar-refractivity contribution in [3.63, 3.8) is 0 Å². The normalized spacial score (nSPS) is 17.6. The zero-order valence-corrected chi connectivity index (χ0v) is 17.9. The van der Waals surface area contributed by atoms with Crippen LogP contribution in [0.2, 0.25) is 0 Å². The van der Waals surface area contributed by atoms with E-state index in [1.54, 1.807) is 29.6 Å². The summed E-state index contributed by atoms with van der Waals surface area (Å²) in [6.07, 6.45) is 0.660. The minimum Gasteiger partial charge on any atom is -0.378 e. The third-order valence-electron chi connectivity index (χ3n) is 4.94. The molecule has 3 aromatic heterocycles. The lowest BCUT2D eigenvalue weighted by Crippen LogP contribution is -2.29. The average Bonchev–Trinajstić information content (AvgIpc) is 3.47. The van der Waals surface area contributed by atoms with Gasteiger partial charge in [0.2, 0.25) is 0 Å². The smallest absolute Gasteiger partial charge is 0.378 e. The first kappa shape index (κ1) is 22.2. The fraction of sp³-hybridized carbons (Fsp3) is 0.500. The van der Waals surface area contributed by atoms with Crippen LogP contribution in [0.5, 0.6) is 0 Å². The minimum atomic E-state index is -4.80. The maximum Gasteiger partial charge on any atom is 0.423 e. The van der Waals surface area contributed by atoms with Crippen molar-refractivity contribution in [2.75, 3.05) is 29.9 Å². The van der Waals surface area contributed by atoms with Gasteiger partial charge in [0.05, 0.1) is 37.3 Å². The van der Waals surface area contributed by atoms with Gasteiger partial charge in [0.25, 0.3) is 5.56 Å². The van der Waals surface area contributed by atoms with Crippen molar-refractivity contribution >= 4 is 22.2 Å². The molecule has 32 heavy (non-hydrogen) atoms. The summed E-state index contributed by atoms with van der Waals surface area (Å²) in [5, 5.41) is 19.1. The first-order valence-electron chi connectivity index (χ1n) is 9.85. The molecule has 0 radical (unpaired) electrons. The van der Waals surface area contributed by atoms with Crippen molar-refractivity contribution in [1.82, 2.24) is 30.2 Å². The molecule has 14 heteroatoms. The zero-order chi connectivity index (χ0) is 22.7. The molecule has 0 spiro atoms. The van der Waals surface area contributed by atoms with E-state index in [-0.39, 0.29) is 19.3 Å². The van der Waals surface area contributed by atoms with E-state index in [1.165, 1.54) is 0 Å². The van der Waals surface area contributed by atoms with Crippen LogP contribution in [0.4, 0.5) is 24.0 Å². The molecule has 172 valence electrons. The van der Waals surface area contributed by atoms with Crippen molar-refractivity contribution in [3.8, 4) is 0 Å². The number of anilines is 2. The van der Waals surface area contributed by atoms with Gasteiger partial charge in [-0.1, -0.05) is 5.21 Å². The summed E-state index contributed by atoms with van der Waals surface area (Å²) in [6, 6.07) is -0.318. The first-order chi connectivity index (χ1) is 15.3. The molecular formula is C18H21F3N8O2S. The summed E-state index contributed by atoms with van der Waals surface area (Å²) in [7, 11) is 0. The molecule has 1 saturated heterocycles. The van der Waals surface area contributed by atoms with Gasteiger partial charge in [-0.3, -0.25) is 4.79 Å². The predicted octanol–water partition coefficient (Wildman–Crippen LogP) is 2.31. The summed E-state index contributed by atoms with van der Waals surface area (Å²) in [6.45, 7) is 3.59. The van der Waals surface area contributed by atoms with Gasteiger partial charge in [-0.2, -0.15) is 18.3 Å². The van der Waals surface area contributed by atoms with Crippen LogP contribution in [0.25, 0.3) is 0 Å². The summed E-state index contributed by atoms with van der Waals surface area (Å²) >= 11 is 1.60. The Bertz CT molecular complexity index is 1080. The third-order valence-corrected chi connectivity index (χ3v) is 5.78. The fourth-order valence-electron chi connectivity index (χ4n) is 3.50. The molecule has 1 fully saturated rings. The van der Waals surface area contributed by atoms with E-state index in [0.29, 0.717) is 5.69 Å². The van der Waals surface area contributed by atoms with E-state index in [0.717, 1.165) is 30.8 Å². The molecular weight excluding hydrogens is 449 g/mol. The highest BCUT2D eigenvalue weighted by Crippen LogP contribution is 2.31. The Kier molecular flexibility index (Phi) is 6.41. The van der Waals surface area contributed by atoms with Crippen LogP contribution >= 0.6 is 11.3 Å². The van der Waals surface area contributed by atoms with Crippen LogP contribution in [0.1, 0.15) is 30.6 Å². The van der Waals surface area contributed by atoms with Crippen molar-refractivity contribution in [1.29, 1.82) is 0 Å². The standard InChI is InChI=1S/C18H21F3N8O2S/c1-11(24-14-6-23-26-16(30)15(14)18(19,20)21)9-31-10-12-7-29(27-25-12)13-2-4-28(8-13)17-22-3-5-32-17/h3,5-7,11,13H,2,4,8-10H2,1H3,(H2,24,26,30). The maximum absolute atomic E-state index is 13.1. The van der Waals surface area contributed by atoms with Crippen molar-refractivity contribution < 1.29 is 17.9 Å². The number of H-pyrrole nitrogens is 1. The van der Waals surface area contributed by atoms with Crippen LogP contribution in [0.15, 0.2) is 28.8 Å². The summed E-state index contributed by atoms with van der Waals surface area (Å²) < 4.78 is 46.8. The number of aromatic amines is 1. The number of nitrogens with zero attached hydrogens (tertiary/aromatic N) is 6. The topological polar surface area (TPSA) is 114 Å². The second-order valence-electron chi connectivity index (χ2n) is 7.44. The molecule has 0 amide bonds. The molecule has 1 aliphatic heterocycles. The molecule has 2 N–H and O–H groups in total. The Morgan fingerprint density at radius 2 is 2.28 bits per heavy atom. The Hall–Kier alpha value is -3.00. The Morgan fingerprint density at radius 1 is 1.44 bits per heavy atom. The van der Waals surface area contributed by atoms with E-state index in [4.69, 9.17) is 4.74 Å². The van der Waals surface area contributed by atoms with Crippen molar-refractivity contribution in [2.45, 2.75) is 38.2 Å². The Balaban J connectivity index is 1.28. The fourth-order valence-corrected chi connectivity index (χ4v) is 4.18. The molecule has 2 atom stereocenters. The highest BCUT2D eigenvalue weighted by Gasteiger charge is 2.37. The lowest BCUT2D eigenvalue weighted by molar-refractivity contribution is -0.138. The lowest BCUT2D eigenvalue weighted by Gasteiger charge is -2.18. The van der Waals surface area contributed by atoms with Crippen molar-refractivity contribution in [3.05, 3.63) is 45.6 Å². The molecule has 0 saturated carbocycles. The zero-order valence-electron chi connectivity index (χ0n) is 17.0. The number of hydrogen-bond acceptors (Lipinski definition) is 9. The molecule has 3 aromatic rings. The highest BCUT2D eigenvalue weighted by molar-refractivity contribution is 7.13. The summed E-state index contributed by atoms with van der Waals surface area (Å²) in [5.74, 6) is 0. The lowest BCUT2D eigenvalue weighted by atomic mass is 10.2. The molecule has 1 aliphatic rings. The van der Waals surface area contributed by atoms with Crippen molar-refractivity contribution in [2.24, 2.45) is 0 Å². The first-order valence-corrected chi connectivity index (χ1v) is 10.7. The van der Waals surface area contributed by atoms with Gasteiger partial charge in [0, 0.05) is 30.7 Å². The molecule has 10 nitrogen and oxygen atoms in total. The van der Waals surface area contributed by atoms with Gasteiger partial charge in [0.1, 0.15) is 11.3 Å². The number of halogens is 3. The van der Waals surface area contributed by atoms with E-state index < -0.39 is 29.0 Å². The van der Waals surface area contributed by atoms with Gasteiger partial charge >= 0.3 is 6.18 Å². The number of alkyl halides is 3. The largest absolute Gasteiger partial charge is 0.423 e. The van der Waals surface area contributed by atoms with Gasteiger partial charge in [-0.15, -0.1) is 16.4 Å². The number of ether oxygens (including phenoxy) is 1. The average molecular weight is 470 g/mol. The maximum atomic E-state index is 13.1. The number of hydrogen-bond donors (Lipinski definition) is 2. The summed E-state index contributed by atoms with van der Waals surface area (Å²) in [5.41, 5.74) is -2.38. The molecule has 4 rings (SSSR count). The summed E-state index contributed by atoms with van der Waals surface area (Å²) in [4.78, 5) is 18.1. The molecule has 2 unspecified atom stereocenters. The van der Waals surface area contributed by atoms with Crippen LogP contribution in [0.3, 0.4) is 0 Å². The highest BCUT2D eigenvalue weighted by atomic mass is 32.1. The van der Waals surface area contributed by atoms with Crippen LogP contribution in [-0.2, 0) is 17.5 Å². The molecule has 0 bridgehead atoms. The van der Waals surface area contributed by atoms with Gasteiger partial charge < -0.3 is 15.0 Å². The third kappa shape index (κ3) is 5.07. The number of aromatic nitrogens is 6. The second-order valence-corrected chi connectivity index (χ2v) is 8.31. The van der Waals surface area contributed by atoms with Crippen LogP contribution in [-0.4, -0.2) is 55.9 Å². The van der Waals surface area contributed by atoms with Crippen LogP contribution < -0.4 is 15.8 Å². The van der Waals surface area contributed by atoms with E-state index in [9.17, 15) is 18.0 Å². The quantitative estimate of drug-likeness (QED) is 0.516. The monoisotopic (exact) mass is 470 g/mol. The minimum absolute atomic E-state index is 0.0954. The SMILES string of the molecule is CC(COCc1cn(C2CCN(c3nccs3)C2)nn1)Nc1cn[nH]c(=O)c1C(F)(F)F. The van der Waals surface area contributed by atoms with Gasteiger partial charge in [-0.05, 0) is 13.3 Å². The van der Waals surface area contributed by atoms with Crippen LogP contribution in [0, 0.1) is 0 Å². The number of rotatable bonds is 8. The van der Waals surface area contributed by atoms with Gasteiger partial charge in [0.15, 0.2) is 5.13 Å². The molecule has 0 aromatic carbocycles. The number of thiazole rings is 1. The Labute approximate surface area is 184 Å². The van der Waals surface area contributed by atoms with E-state index in [1.807, 2.05) is 16.3 Å². The predicted molar refractivity (Wildman–Crippen MR) is 111 cm³/mol. The van der Waals surface area contributed by atoms with E-state index >= 15 is 0 Å². The molecule has 0 aliphatic carbocycles. The van der Waals surface area contributed by atoms with E-state index in [2.05, 4.69) is 30.6 Å². The van der Waals surface area contributed by atoms with Gasteiger partial charge in [-0.25, -0.2) is 14.8 Å². The number of nitrogens with one attached hydrogen (secondary N) is 2. The molecule has 4 heterocycles.